The number of hydrogen-bond acceptors (Lipinski definition) is 5. The number of rotatable bonds is 5. The van der Waals surface area contributed by atoms with Gasteiger partial charge in [0.05, 0.1) is 13.3 Å². The number of anilines is 1. The van der Waals surface area contributed by atoms with Crippen molar-refractivity contribution in [3.05, 3.63) is 58.9 Å². The third-order valence-electron chi connectivity index (χ3n) is 3.71. The van der Waals surface area contributed by atoms with Gasteiger partial charge in [0.1, 0.15) is 5.75 Å². The van der Waals surface area contributed by atoms with Crippen LogP contribution in [0.4, 0.5) is 5.69 Å². The summed E-state index contributed by atoms with van der Waals surface area (Å²) in [5.41, 5.74) is 2.96. The summed E-state index contributed by atoms with van der Waals surface area (Å²) in [4.78, 5) is 2.04. The Kier molecular flexibility index (Phi) is 4.95. The van der Waals surface area contributed by atoms with Crippen molar-refractivity contribution in [1.29, 1.82) is 0 Å². The number of nitrogens with zero attached hydrogens (tertiary/aromatic N) is 4. The fourth-order valence-corrected chi connectivity index (χ4v) is 2.52. The summed E-state index contributed by atoms with van der Waals surface area (Å²) in [6.45, 7) is 0. The molecule has 6 nitrogen and oxygen atoms in total. The van der Waals surface area contributed by atoms with E-state index in [-0.39, 0.29) is 0 Å². The molecule has 0 fully saturated rings. The number of H-pyrrole nitrogens is 1. The molecule has 3 rings (SSSR count). The number of ether oxygens (including phenoxy) is 1. The first-order valence-electron chi connectivity index (χ1n) is 7.72. The van der Waals surface area contributed by atoms with Crippen LogP contribution in [0.5, 0.6) is 5.75 Å². The highest BCUT2D eigenvalue weighted by Gasteiger charge is 2.08. The molecule has 1 aromatic heterocycles. The zero-order valence-corrected chi connectivity index (χ0v) is 15.1. The molecular formula is C18H19N5OS. The van der Waals surface area contributed by atoms with Crippen LogP contribution in [0.3, 0.4) is 0 Å². The zero-order valence-electron chi connectivity index (χ0n) is 14.3. The van der Waals surface area contributed by atoms with Crippen LogP contribution in [0.1, 0.15) is 5.56 Å². The van der Waals surface area contributed by atoms with Gasteiger partial charge in [-0.3, -0.25) is 0 Å². The minimum atomic E-state index is 0.436. The second-order valence-corrected chi connectivity index (χ2v) is 6.01. The molecule has 1 N–H and O–H groups in total. The largest absolute Gasteiger partial charge is 0.497 e. The quantitative estimate of drug-likeness (QED) is 0.563. The lowest BCUT2D eigenvalue weighted by atomic mass is 10.2. The molecular weight excluding hydrogens is 334 g/mol. The molecule has 0 spiro atoms. The van der Waals surface area contributed by atoms with E-state index in [0.29, 0.717) is 10.6 Å². The van der Waals surface area contributed by atoms with Crippen LogP contribution >= 0.6 is 12.2 Å². The van der Waals surface area contributed by atoms with E-state index in [4.69, 9.17) is 17.0 Å². The topological polar surface area (TPSA) is 58.4 Å². The van der Waals surface area contributed by atoms with Gasteiger partial charge in [-0.15, -0.1) is 0 Å². The Bertz CT molecular complexity index is 941. The molecule has 0 saturated carbocycles. The van der Waals surface area contributed by atoms with Crippen molar-refractivity contribution < 1.29 is 4.74 Å². The predicted octanol–water partition coefficient (Wildman–Crippen LogP) is 3.56. The fourth-order valence-electron chi connectivity index (χ4n) is 2.34. The Labute approximate surface area is 151 Å². The maximum atomic E-state index is 5.30. The first-order chi connectivity index (χ1) is 12.1. The fraction of sp³-hybridized carbons (Fsp3) is 0.167. The van der Waals surface area contributed by atoms with Crippen molar-refractivity contribution in [3.8, 4) is 17.1 Å². The Morgan fingerprint density at radius 2 is 1.96 bits per heavy atom. The number of benzene rings is 2. The molecule has 1 heterocycles. The molecule has 2 aromatic carbocycles. The van der Waals surface area contributed by atoms with Gasteiger partial charge in [-0.1, -0.05) is 12.1 Å². The summed E-state index contributed by atoms with van der Waals surface area (Å²) in [5.74, 6) is 1.44. The molecule has 7 heteroatoms. The van der Waals surface area contributed by atoms with E-state index in [2.05, 4.69) is 15.3 Å². The van der Waals surface area contributed by atoms with E-state index in [9.17, 15) is 0 Å². The average molecular weight is 353 g/mol. The molecule has 3 aromatic rings. The highest BCUT2D eigenvalue weighted by molar-refractivity contribution is 7.71. The van der Waals surface area contributed by atoms with Crippen LogP contribution in [-0.4, -0.2) is 42.3 Å². The van der Waals surface area contributed by atoms with Gasteiger partial charge >= 0.3 is 0 Å². The SMILES string of the molecule is COc1cccc(C=Nn2c(-c3ccc(N(C)C)cc3)n[nH]c2=S)c1. The minimum Gasteiger partial charge on any atom is -0.497 e. The van der Waals surface area contributed by atoms with Gasteiger partial charge in [0, 0.05) is 25.3 Å². The van der Waals surface area contributed by atoms with Crippen LogP contribution in [0.15, 0.2) is 53.6 Å². The van der Waals surface area contributed by atoms with Crippen LogP contribution in [-0.2, 0) is 0 Å². The van der Waals surface area contributed by atoms with Crippen LogP contribution in [0.25, 0.3) is 11.4 Å². The standard InChI is InChI=1S/C18H19N5OS/c1-22(2)15-9-7-14(8-10-15)17-20-21-18(25)23(17)19-12-13-5-4-6-16(11-13)24-3/h4-12H,1-3H3,(H,21,25). The van der Waals surface area contributed by atoms with Gasteiger partial charge in [0.15, 0.2) is 5.82 Å². The summed E-state index contributed by atoms with van der Waals surface area (Å²) < 4.78 is 7.27. The molecule has 0 aliphatic rings. The molecule has 128 valence electrons. The molecule has 0 atom stereocenters. The molecule has 0 unspecified atom stereocenters. The second-order valence-electron chi connectivity index (χ2n) is 5.63. The highest BCUT2D eigenvalue weighted by Crippen LogP contribution is 2.21. The third kappa shape index (κ3) is 3.77. The number of nitrogens with one attached hydrogen (secondary N) is 1. The van der Waals surface area contributed by atoms with E-state index in [1.807, 2.05) is 67.5 Å². The number of aromatic amines is 1. The van der Waals surface area contributed by atoms with Gasteiger partial charge in [0.2, 0.25) is 4.77 Å². The predicted molar refractivity (Wildman–Crippen MR) is 103 cm³/mol. The van der Waals surface area contributed by atoms with Gasteiger partial charge < -0.3 is 9.64 Å². The Morgan fingerprint density at radius 3 is 2.64 bits per heavy atom. The van der Waals surface area contributed by atoms with Crippen molar-refractivity contribution in [2.45, 2.75) is 0 Å². The first kappa shape index (κ1) is 16.9. The molecule has 0 saturated heterocycles. The van der Waals surface area contributed by atoms with Crippen molar-refractivity contribution in [2.24, 2.45) is 5.10 Å². The van der Waals surface area contributed by atoms with Crippen LogP contribution in [0.2, 0.25) is 0 Å². The van der Waals surface area contributed by atoms with E-state index in [0.717, 1.165) is 22.6 Å². The molecule has 0 aliphatic heterocycles. The smallest absolute Gasteiger partial charge is 0.216 e. The van der Waals surface area contributed by atoms with Crippen LogP contribution < -0.4 is 9.64 Å². The van der Waals surface area contributed by atoms with Crippen LogP contribution in [0, 0.1) is 4.77 Å². The summed E-state index contributed by atoms with van der Waals surface area (Å²) in [6.07, 6.45) is 1.73. The molecule has 0 bridgehead atoms. The second kappa shape index (κ2) is 7.31. The van der Waals surface area contributed by atoms with Crippen molar-refractivity contribution in [2.75, 3.05) is 26.1 Å². The number of hydrogen-bond donors (Lipinski definition) is 1. The molecule has 0 amide bonds. The Hall–Kier alpha value is -2.93. The lowest BCUT2D eigenvalue weighted by molar-refractivity contribution is 0.415. The summed E-state index contributed by atoms with van der Waals surface area (Å²) in [6, 6.07) is 15.7. The number of aromatic nitrogens is 3. The highest BCUT2D eigenvalue weighted by atomic mass is 32.1. The maximum Gasteiger partial charge on any atom is 0.216 e. The van der Waals surface area contributed by atoms with Gasteiger partial charge in [0.25, 0.3) is 0 Å². The molecule has 25 heavy (non-hydrogen) atoms. The monoisotopic (exact) mass is 353 g/mol. The average Bonchev–Trinajstić information content (AvgIpc) is 3.01. The van der Waals surface area contributed by atoms with E-state index in [1.54, 1.807) is 18.0 Å². The van der Waals surface area contributed by atoms with Crippen molar-refractivity contribution >= 4 is 24.1 Å². The van der Waals surface area contributed by atoms with E-state index in [1.165, 1.54) is 0 Å². The molecule has 0 radical (unpaired) electrons. The molecule has 0 aliphatic carbocycles. The maximum absolute atomic E-state index is 5.30. The zero-order chi connectivity index (χ0) is 17.8. The van der Waals surface area contributed by atoms with Crippen molar-refractivity contribution in [3.63, 3.8) is 0 Å². The Balaban J connectivity index is 1.94. The van der Waals surface area contributed by atoms with Gasteiger partial charge in [-0.25, -0.2) is 5.10 Å². The third-order valence-corrected chi connectivity index (χ3v) is 3.97. The lowest BCUT2D eigenvalue weighted by Gasteiger charge is -2.12. The normalized spacial score (nSPS) is 11.0. The van der Waals surface area contributed by atoms with Gasteiger partial charge in [-0.05, 0) is 54.2 Å². The van der Waals surface area contributed by atoms with Gasteiger partial charge in [-0.2, -0.15) is 14.9 Å². The lowest BCUT2D eigenvalue weighted by Crippen LogP contribution is -2.08. The van der Waals surface area contributed by atoms with E-state index >= 15 is 0 Å². The summed E-state index contributed by atoms with van der Waals surface area (Å²) >= 11 is 5.30. The Morgan fingerprint density at radius 1 is 1.20 bits per heavy atom. The van der Waals surface area contributed by atoms with Crippen molar-refractivity contribution in [1.82, 2.24) is 14.9 Å². The summed E-state index contributed by atoms with van der Waals surface area (Å²) in [5, 5.41) is 11.6. The number of methoxy groups -OCH3 is 1. The first-order valence-corrected chi connectivity index (χ1v) is 8.13. The van der Waals surface area contributed by atoms with E-state index < -0.39 is 0 Å². The minimum absolute atomic E-state index is 0.436. The summed E-state index contributed by atoms with van der Waals surface area (Å²) in [7, 11) is 5.64.